The van der Waals surface area contributed by atoms with E-state index in [4.69, 9.17) is 5.26 Å². The highest BCUT2D eigenvalue weighted by atomic mass is 19.1. The number of nitrogens with one attached hydrogen (secondary N) is 1. The van der Waals surface area contributed by atoms with Crippen LogP contribution in [0.2, 0.25) is 0 Å². The highest BCUT2D eigenvalue weighted by Gasteiger charge is 2.34. The molecule has 1 fully saturated rings. The summed E-state index contributed by atoms with van der Waals surface area (Å²) in [6.07, 6.45) is 0.311. The van der Waals surface area contributed by atoms with Crippen molar-refractivity contribution < 1.29 is 14.0 Å². The SMILES string of the molecule is Cc1c(Cc2ccc(F)c(C(=O)N3CC(=O)N(c4ccc(C#N)cc4)C(C)C3)c2)n[nH]c(=O)c1C. The summed E-state index contributed by atoms with van der Waals surface area (Å²) in [7, 11) is 0. The van der Waals surface area contributed by atoms with E-state index < -0.39 is 11.7 Å². The number of halogens is 1. The average Bonchev–Trinajstić information content (AvgIpc) is 2.85. The number of H-pyrrole nitrogens is 1. The zero-order valence-electron chi connectivity index (χ0n) is 19.6. The fraction of sp³-hybridized carbons (Fsp3) is 0.269. The van der Waals surface area contributed by atoms with Crippen LogP contribution in [0.15, 0.2) is 47.3 Å². The van der Waals surface area contributed by atoms with Crippen LogP contribution in [0.5, 0.6) is 0 Å². The van der Waals surface area contributed by atoms with Gasteiger partial charge in [0.1, 0.15) is 12.4 Å². The number of carbonyl (C=O) groups is 2. The first-order valence-corrected chi connectivity index (χ1v) is 11.1. The fourth-order valence-corrected chi connectivity index (χ4v) is 4.25. The summed E-state index contributed by atoms with van der Waals surface area (Å²) in [4.78, 5) is 40.8. The van der Waals surface area contributed by atoms with Gasteiger partial charge in [-0.05, 0) is 68.3 Å². The van der Waals surface area contributed by atoms with Gasteiger partial charge in [-0.25, -0.2) is 9.49 Å². The second kappa shape index (κ2) is 9.50. The first kappa shape index (κ1) is 23.8. The Balaban J connectivity index is 1.55. The number of aromatic amines is 1. The topological polar surface area (TPSA) is 110 Å². The van der Waals surface area contributed by atoms with Gasteiger partial charge in [0.25, 0.3) is 11.5 Å². The van der Waals surface area contributed by atoms with Crippen LogP contribution in [-0.2, 0) is 11.2 Å². The number of benzene rings is 2. The Hall–Kier alpha value is -4.32. The number of hydrogen-bond acceptors (Lipinski definition) is 5. The zero-order chi connectivity index (χ0) is 25.3. The molecule has 9 heteroatoms. The number of anilines is 1. The molecule has 0 saturated carbocycles. The number of nitriles is 1. The molecule has 1 atom stereocenters. The summed E-state index contributed by atoms with van der Waals surface area (Å²) >= 11 is 0. The van der Waals surface area contributed by atoms with Crippen LogP contribution in [0.3, 0.4) is 0 Å². The summed E-state index contributed by atoms with van der Waals surface area (Å²) in [6.45, 7) is 5.35. The minimum absolute atomic E-state index is 0.117. The molecule has 1 aliphatic heterocycles. The van der Waals surface area contributed by atoms with E-state index in [2.05, 4.69) is 10.2 Å². The van der Waals surface area contributed by atoms with E-state index in [-0.39, 0.29) is 36.2 Å². The maximum absolute atomic E-state index is 14.7. The summed E-state index contributed by atoms with van der Waals surface area (Å²) in [5, 5.41) is 15.5. The molecule has 0 bridgehead atoms. The van der Waals surface area contributed by atoms with Gasteiger partial charge in [0.15, 0.2) is 0 Å². The maximum atomic E-state index is 14.7. The highest BCUT2D eigenvalue weighted by molar-refractivity contribution is 6.02. The normalized spacial score (nSPS) is 15.7. The molecule has 0 spiro atoms. The predicted molar refractivity (Wildman–Crippen MR) is 128 cm³/mol. The number of aromatic nitrogens is 2. The molecule has 4 rings (SSSR count). The lowest BCUT2D eigenvalue weighted by molar-refractivity contribution is -0.121. The average molecular weight is 474 g/mol. The Bertz CT molecular complexity index is 1410. The van der Waals surface area contributed by atoms with Crippen molar-refractivity contribution in [2.24, 2.45) is 0 Å². The molecular formula is C26H24FN5O3. The lowest BCUT2D eigenvalue weighted by atomic mass is 10.0. The molecular weight excluding hydrogens is 449 g/mol. The van der Waals surface area contributed by atoms with Crippen LogP contribution >= 0.6 is 0 Å². The van der Waals surface area contributed by atoms with E-state index in [0.29, 0.717) is 34.5 Å². The van der Waals surface area contributed by atoms with Gasteiger partial charge in [-0.15, -0.1) is 0 Å². The predicted octanol–water partition coefficient (Wildman–Crippen LogP) is 2.87. The Kier molecular flexibility index (Phi) is 6.47. The third-order valence-electron chi connectivity index (χ3n) is 6.34. The summed E-state index contributed by atoms with van der Waals surface area (Å²) in [5.41, 5.74) is 3.33. The molecule has 0 radical (unpaired) electrons. The van der Waals surface area contributed by atoms with Gasteiger partial charge in [-0.3, -0.25) is 14.4 Å². The van der Waals surface area contributed by atoms with E-state index in [9.17, 15) is 18.8 Å². The summed E-state index contributed by atoms with van der Waals surface area (Å²) in [5.74, 6) is -1.52. The van der Waals surface area contributed by atoms with Crippen molar-refractivity contribution >= 4 is 17.5 Å². The monoisotopic (exact) mass is 473 g/mol. The van der Waals surface area contributed by atoms with Crippen LogP contribution in [-0.4, -0.2) is 46.0 Å². The van der Waals surface area contributed by atoms with E-state index in [1.807, 2.05) is 13.0 Å². The van der Waals surface area contributed by atoms with Crippen molar-refractivity contribution in [1.29, 1.82) is 5.26 Å². The second-order valence-electron chi connectivity index (χ2n) is 8.70. The first-order chi connectivity index (χ1) is 16.7. The Morgan fingerprint density at radius 2 is 1.89 bits per heavy atom. The molecule has 1 unspecified atom stereocenters. The molecule has 2 amide bonds. The second-order valence-corrected chi connectivity index (χ2v) is 8.70. The van der Waals surface area contributed by atoms with Gasteiger partial charge in [-0.2, -0.15) is 10.4 Å². The molecule has 3 aromatic rings. The molecule has 1 aromatic heterocycles. The Morgan fingerprint density at radius 3 is 2.54 bits per heavy atom. The van der Waals surface area contributed by atoms with Crippen molar-refractivity contribution in [2.45, 2.75) is 33.2 Å². The third kappa shape index (κ3) is 4.68. The van der Waals surface area contributed by atoms with Crippen LogP contribution in [0.25, 0.3) is 0 Å². The zero-order valence-corrected chi connectivity index (χ0v) is 19.6. The minimum Gasteiger partial charge on any atom is -0.327 e. The number of amides is 2. The van der Waals surface area contributed by atoms with Gasteiger partial charge in [0.05, 0.1) is 28.9 Å². The standard InChI is InChI=1S/C26H24FN5O3/c1-15-13-31(14-24(33)32(15)20-7-4-18(12-28)5-8-20)26(35)21-10-19(6-9-22(21)27)11-23-16(2)17(3)25(34)30-29-23/h4-10,15H,11,13-14H2,1-3H3,(H,30,34). The molecule has 0 aliphatic carbocycles. The molecule has 1 saturated heterocycles. The van der Waals surface area contributed by atoms with Crippen molar-refractivity contribution in [1.82, 2.24) is 15.1 Å². The van der Waals surface area contributed by atoms with Crippen LogP contribution < -0.4 is 10.5 Å². The first-order valence-electron chi connectivity index (χ1n) is 11.1. The van der Waals surface area contributed by atoms with Crippen molar-refractivity contribution in [3.63, 3.8) is 0 Å². The number of rotatable bonds is 4. The van der Waals surface area contributed by atoms with Gasteiger partial charge in [0.2, 0.25) is 5.91 Å². The third-order valence-corrected chi connectivity index (χ3v) is 6.34. The van der Waals surface area contributed by atoms with E-state index in [0.717, 1.165) is 5.56 Å². The number of nitrogens with zero attached hydrogens (tertiary/aromatic N) is 4. The number of carbonyl (C=O) groups excluding carboxylic acids is 2. The summed E-state index contributed by atoms with van der Waals surface area (Å²) < 4.78 is 14.7. The molecule has 2 heterocycles. The maximum Gasteiger partial charge on any atom is 0.267 e. The van der Waals surface area contributed by atoms with Crippen molar-refractivity contribution in [3.8, 4) is 6.07 Å². The fourth-order valence-electron chi connectivity index (χ4n) is 4.25. The number of piperazine rings is 1. The van der Waals surface area contributed by atoms with Crippen LogP contribution in [0.1, 0.15) is 45.2 Å². The molecule has 2 aromatic carbocycles. The molecule has 35 heavy (non-hydrogen) atoms. The van der Waals surface area contributed by atoms with Crippen LogP contribution in [0, 0.1) is 31.0 Å². The van der Waals surface area contributed by atoms with E-state index in [1.165, 1.54) is 17.0 Å². The summed E-state index contributed by atoms with van der Waals surface area (Å²) in [6, 6.07) is 12.6. The highest BCUT2D eigenvalue weighted by Crippen LogP contribution is 2.24. The number of hydrogen-bond donors (Lipinski definition) is 1. The van der Waals surface area contributed by atoms with Gasteiger partial charge in [-0.1, -0.05) is 6.07 Å². The Labute approximate surface area is 201 Å². The van der Waals surface area contributed by atoms with E-state index in [1.54, 1.807) is 49.1 Å². The largest absolute Gasteiger partial charge is 0.327 e. The smallest absolute Gasteiger partial charge is 0.267 e. The van der Waals surface area contributed by atoms with Gasteiger partial charge in [0, 0.05) is 24.2 Å². The molecule has 8 nitrogen and oxygen atoms in total. The van der Waals surface area contributed by atoms with Gasteiger partial charge >= 0.3 is 0 Å². The quantitative estimate of drug-likeness (QED) is 0.627. The van der Waals surface area contributed by atoms with E-state index >= 15 is 0 Å². The van der Waals surface area contributed by atoms with Crippen molar-refractivity contribution in [3.05, 3.63) is 92.1 Å². The lowest BCUT2D eigenvalue weighted by Gasteiger charge is -2.39. The molecule has 1 aliphatic rings. The van der Waals surface area contributed by atoms with Gasteiger partial charge < -0.3 is 9.80 Å². The van der Waals surface area contributed by atoms with Crippen LogP contribution in [0.4, 0.5) is 10.1 Å². The van der Waals surface area contributed by atoms with Crippen molar-refractivity contribution in [2.75, 3.05) is 18.0 Å². The Morgan fingerprint density at radius 1 is 1.17 bits per heavy atom. The lowest BCUT2D eigenvalue weighted by Crippen LogP contribution is -2.57. The molecule has 1 N–H and O–H groups in total. The minimum atomic E-state index is -0.671. The molecule has 178 valence electrons.